The van der Waals surface area contributed by atoms with Gasteiger partial charge in [0.15, 0.2) is 5.13 Å². The van der Waals surface area contributed by atoms with E-state index in [4.69, 9.17) is 4.74 Å². The molecule has 4 rings (SSSR count). The lowest BCUT2D eigenvalue weighted by Gasteiger charge is -2.25. The maximum Gasteiger partial charge on any atom is 0.416 e. The Hall–Kier alpha value is -2.11. The molecule has 2 aliphatic rings. The van der Waals surface area contributed by atoms with Crippen LogP contribution in [0.15, 0.2) is 29.6 Å². The number of halogens is 3. The molecule has 1 aromatic heterocycles. The Labute approximate surface area is 185 Å². The van der Waals surface area contributed by atoms with Gasteiger partial charge in [0, 0.05) is 17.6 Å². The van der Waals surface area contributed by atoms with Gasteiger partial charge < -0.3 is 9.64 Å². The number of aromatic nitrogens is 1. The van der Waals surface area contributed by atoms with Gasteiger partial charge >= 0.3 is 6.18 Å². The maximum atomic E-state index is 13.1. The molecular formula is C20H20F3N3O3S2. The summed E-state index contributed by atoms with van der Waals surface area (Å²) < 4.78 is 44.8. The summed E-state index contributed by atoms with van der Waals surface area (Å²) in [5.41, 5.74) is -0.0612. The van der Waals surface area contributed by atoms with Crippen LogP contribution in [-0.4, -0.2) is 59.1 Å². The summed E-state index contributed by atoms with van der Waals surface area (Å²) in [5, 5.41) is 2.02. The SMILES string of the molecule is O=C1CSCN1CC(=O)N(C[C@H]1CCCO1)c1nc(-c2cccc(C(F)(F)F)c2)cs1. The van der Waals surface area contributed by atoms with E-state index in [1.807, 2.05) is 0 Å². The highest BCUT2D eigenvalue weighted by molar-refractivity contribution is 8.00. The minimum atomic E-state index is -4.45. The maximum absolute atomic E-state index is 13.1. The van der Waals surface area contributed by atoms with Crippen molar-refractivity contribution in [3.8, 4) is 11.3 Å². The number of hydrogen-bond donors (Lipinski definition) is 0. The number of thiazole rings is 1. The first kappa shape index (κ1) is 22.1. The fourth-order valence-electron chi connectivity index (χ4n) is 3.44. The van der Waals surface area contributed by atoms with Crippen molar-refractivity contribution in [3.63, 3.8) is 0 Å². The number of thioether (sulfide) groups is 1. The van der Waals surface area contributed by atoms with E-state index in [0.717, 1.165) is 25.0 Å². The van der Waals surface area contributed by atoms with Crippen molar-refractivity contribution in [2.24, 2.45) is 0 Å². The normalized spacial score (nSPS) is 19.3. The summed E-state index contributed by atoms with van der Waals surface area (Å²) in [4.78, 5) is 32.4. The molecule has 0 radical (unpaired) electrons. The molecule has 2 fully saturated rings. The highest BCUT2D eigenvalue weighted by atomic mass is 32.2. The molecule has 0 spiro atoms. The van der Waals surface area contributed by atoms with E-state index >= 15 is 0 Å². The second-order valence-electron chi connectivity index (χ2n) is 7.30. The molecule has 2 saturated heterocycles. The van der Waals surface area contributed by atoms with Crippen LogP contribution in [0.25, 0.3) is 11.3 Å². The van der Waals surface area contributed by atoms with Gasteiger partial charge in [-0.3, -0.25) is 14.5 Å². The van der Waals surface area contributed by atoms with Gasteiger partial charge in [-0.05, 0) is 25.0 Å². The van der Waals surface area contributed by atoms with Crippen LogP contribution in [0, 0.1) is 0 Å². The van der Waals surface area contributed by atoms with Crippen molar-refractivity contribution in [2.75, 3.05) is 36.2 Å². The Morgan fingerprint density at radius 2 is 2.19 bits per heavy atom. The van der Waals surface area contributed by atoms with Crippen molar-refractivity contribution in [3.05, 3.63) is 35.2 Å². The minimum Gasteiger partial charge on any atom is -0.376 e. The molecular weight excluding hydrogens is 451 g/mol. The summed E-state index contributed by atoms with van der Waals surface area (Å²) in [6, 6.07) is 4.95. The predicted octanol–water partition coefficient (Wildman–Crippen LogP) is 3.87. The van der Waals surface area contributed by atoms with Crippen molar-refractivity contribution < 1.29 is 27.5 Å². The van der Waals surface area contributed by atoms with Gasteiger partial charge in [0.1, 0.15) is 6.54 Å². The van der Waals surface area contributed by atoms with Crippen molar-refractivity contribution >= 4 is 40.0 Å². The van der Waals surface area contributed by atoms with E-state index in [-0.39, 0.29) is 24.5 Å². The number of anilines is 1. The van der Waals surface area contributed by atoms with Crippen LogP contribution < -0.4 is 4.90 Å². The summed E-state index contributed by atoms with van der Waals surface area (Å²) in [6.07, 6.45) is -2.86. The molecule has 2 aromatic rings. The van der Waals surface area contributed by atoms with E-state index in [2.05, 4.69) is 4.98 Å². The molecule has 3 heterocycles. The Kier molecular flexibility index (Phi) is 6.54. The lowest BCUT2D eigenvalue weighted by Crippen LogP contribution is -2.44. The zero-order valence-electron chi connectivity index (χ0n) is 16.4. The van der Waals surface area contributed by atoms with E-state index in [9.17, 15) is 22.8 Å². The van der Waals surface area contributed by atoms with E-state index < -0.39 is 11.7 Å². The van der Waals surface area contributed by atoms with Gasteiger partial charge in [-0.25, -0.2) is 4.98 Å². The van der Waals surface area contributed by atoms with Crippen LogP contribution in [0.2, 0.25) is 0 Å². The average molecular weight is 472 g/mol. The van der Waals surface area contributed by atoms with Crippen LogP contribution in [-0.2, 0) is 20.5 Å². The summed E-state index contributed by atoms with van der Waals surface area (Å²) in [7, 11) is 0. The molecule has 0 unspecified atom stereocenters. The van der Waals surface area contributed by atoms with Crippen LogP contribution in [0.5, 0.6) is 0 Å². The van der Waals surface area contributed by atoms with Gasteiger partial charge in [0.2, 0.25) is 11.8 Å². The average Bonchev–Trinajstić information content (AvgIpc) is 3.48. The number of amides is 2. The number of ether oxygens (including phenoxy) is 1. The third-order valence-corrected chi connectivity index (χ3v) is 6.88. The van der Waals surface area contributed by atoms with Crippen LogP contribution in [0.1, 0.15) is 18.4 Å². The number of hydrogen-bond acceptors (Lipinski definition) is 6. The van der Waals surface area contributed by atoms with Crippen molar-refractivity contribution in [1.29, 1.82) is 0 Å². The smallest absolute Gasteiger partial charge is 0.376 e. The number of carbonyl (C=O) groups excluding carboxylic acids is 2. The molecule has 2 amide bonds. The number of nitrogens with zero attached hydrogens (tertiary/aromatic N) is 3. The van der Waals surface area contributed by atoms with Gasteiger partial charge in [-0.15, -0.1) is 23.1 Å². The van der Waals surface area contributed by atoms with Gasteiger partial charge in [-0.1, -0.05) is 12.1 Å². The molecule has 11 heteroatoms. The number of rotatable bonds is 6. The minimum absolute atomic E-state index is 0.0585. The number of alkyl halides is 3. The van der Waals surface area contributed by atoms with Gasteiger partial charge in [0.05, 0.1) is 35.5 Å². The fraction of sp³-hybridized carbons (Fsp3) is 0.450. The first-order chi connectivity index (χ1) is 14.8. The lowest BCUT2D eigenvalue weighted by molar-refractivity contribution is -0.137. The number of benzene rings is 1. The summed E-state index contributed by atoms with van der Waals surface area (Å²) in [6.45, 7) is 0.863. The third-order valence-electron chi connectivity index (χ3n) is 5.07. The Morgan fingerprint density at radius 1 is 1.35 bits per heavy atom. The predicted molar refractivity (Wildman–Crippen MR) is 113 cm³/mol. The molecule has 0 saturated carbocycles. The quantitative estimate of drug-likeness (QED) is 0.640. The third kappa shape index (κ3) is 5.21. The summed E-state index contributed by atoms with van der Waals surface area (Å²) >= 11 is 2.64. The lowest BCUT2D eigenvalue weighted by atomic mass is 10.1. The first-order valence-electron chi connectivity index (χ1n) is 9.72. The Balaban J connectivity index is 1.57. The Morgan fingerprint density at radius 3 is 2.87 bits per heavy atom. The summed E-state index contributed by atoms with van der Waals surface area (Å²) in [5.74, 6) is 0.456. The van der Waals surface area contributed by atoms with Gasteiger partial charge in [-0.2, -0.15) is 13.2 Å². The highest BCUT2D eigenvalue weighted by Gasteiger charge is 2.32. The van der Waals surface area contributed by atoms with Crippen LogP contribution in [0.3, 0.4) is 0 Å². The Bertz CT molecular complexity index is 960. The topological polar surface area (TPSA) is 62.7 Å². The van der Waals surface area contributed by atoms with Gasteiger partial charge in [0.25, 0.3) is 0 Å². The molecule has 0 bridgehead atoms. The van der Waals surface area contributed by atoms with E-state index in [1.165, 1.54) is 39.0 Å². The standard InChI is InChI=1S/C20H20F3N3O3S2/c21-20(22,23)14-4-1-3-13(7-14)16-10-31-19(24-16)26(8-15-5-2-6-29-15)17(27)9-25-12-30-11-18(25)28/h1,3-4,7,10,15H,2,5-6,8-9,11-12H2/t15-/m1/s1. The number of carbonyl (C=O) groups is 2. The van der Waals surface area contributed by atoms with Crippen molar-refractivity contribution in [2.45, 2.75) is 25.1 Å². The molecule has 0 N–H and O–H groups in total. The zero-order chi connectivity index (χ0) is 22.0. The highest BCUT2D eigenvalue weighted by Crippen LogP contribution is 2.34. The fourth-order valence-corrected chi connectivity index (χ4v) is 5.21. The zero-order valence-corrected chi connectivity index (χ0v) is 18.1. The van der Waals surface area contributed by atoms with Crippen LogP contribution in [0.4, 0.5) is 18.3 Å². The monoisotopic (exact) mass is 471 g/mol. The molecule has 31 heavy (non-hydrogen) atoms. The molecule has 0 aliphatic carbocycles. The second kappa shape index (κ2) is 9.17. The van der Waals surface area contributed by atoms with Crippen molar-refractivity contribution in [1.82, 2.24) is 9.88 Å². The molecule has 6 nitrogen and oxygen atoms in total. The van der Waals surface area contributed by atoms with Crippen LogP contribution >= 0.6 is 23.1 Å². The second-order valence-corrected chi connectivity index (χ2v) is 9.09. The molecule has 166 valence electrons. The molecule has 2 aliphatic heterocycles. The molecule has 1 aromatic carbocycles. The molecule has 1 atom stereocenters. The first-order valence-corrected chi connectivity index (χ1v) is 11.8. The van der Waals surface area contributed by atoms with E-state index in [0.29, 0.717) is 41.2 Å². The van der Waals surface area contributed by atoms with E-state index in [1.54, 1.807) is 11.4 Å². The largest absolute Gasteiger partial charge is 0.416 e.